The number of hydrogen-bond acceptors (Lipinski definition) is 2. The summed E-state index contributed by atoms with van der Waals surface area (Å²) in [6, 6.07) is 7.52. The number of fused-ring (bicyclic) bond motifs is 1. The molecule has 0 aliphatic rings. The Hall–Kier alpha value is -1.78. The number of phenolic OH excluding ortho intramolecular Hbond substituents is 1. The van der Waals surface area contributed by atoms with E-state index in [4.69, 9.17) is 0 Å². The van der Waals surface area contributed by atoms with E-state index >= 15 is 0 Å². The van der Waals surface area contributed by atoms with Gasteiger partial charge in [-0.2, -0.15) is 13.2 Å². The van der Waals surface area contributed by atoms with Crippen molar-refractivity contribution in [2.75, 3.05) is 0 Å². The molecule has 2 rings (SSSR count). The van der Waals surface area contributed by atoms with Crippen molar-refractivity contribution in [2.24, 2.45) is 0 Å². The van der Waals surface area contributed by atoms with Gasteiger partial charge >= 0.3 is 6.18 Å². The lowest BCUT2D eigenvalue weighted by molar-refractivity contribution is -0.127. The Morgan fingerprint density at radius 2 is 1.88 bits per heavy atom. The summed E-state index contributed by atoms with van der Waals surface area (Å²) in [5.41, 5.74) is 0.103. The van der Waals surface area contributed by atoms with Crippen LogP contribution < -0.4 is 0 Å². The third-order valence-electron chi connectivity index (χ3n) is 2.14. The zero-order valence-corrected chi connectivity index (χ0v) is 8.12. The van der Waals surface area contributed by atoms with Gasteiger partial charge in [0, 0.05) is 5.39 Å². The van der Waals surface area contributed by atoms with Crippen molar-refractivity contribution in [3.63, 3.8) is 0 Å². The monoisotopic (exact) mass is 227 g/mol. The first-order valence-corrected chi connectivity index (χ1v) is 4.60. The van der Waals surface area contributed by atoms with Crippen LogP contribution in [0.3, 0.4) is 0 Å². The highest BCUT2D eigenvalue weighted by molar-refractivity contribution is 5.84. The summed E-state index contributed by atoms with van der Waals surface area (Å²) in [5.74, 6) is -0.110. The number of halogens is 3. The van der Waals surface area contributed by atoms with Crippen molar-refractivity contribution in [2.45, 2.75) is 12.6 Å². The van der Waals surface area contributed by atoms with Crippen molar-refractivity contribution in [1.29, 1.82) is 0 Å². The lowest BCUT2D eigenvalue weighted by Gasteiger charge is -2.07. The molecule has 0 spiro atoms. The van der Waals surface area contributed by atoms with Crippen LogP contribution in [0.5, 0.6) is 5.75 Å². The fourth-order valence-electron chi connectivity index (χ4n) is 1.48. The Kier molecular flexibility index (Phi) is 2.46. The van der Waals surface area contributed by atoms with Crippen molar-refractivity contribution in [3.05, 3.63) is 36.0 Å². The van der Waals surface area contributed by atoms with Gasteiger partial charge in [-0.1, -0.05) is 18.2 Å². The fourth-order valence-corrected chi connectivity index (χ4v) is 1.48. The number of phenols is 1. The van der Waals surface area contributed by atoms with Crippen LogP contribution in [-0.4, -0.2) is 16.3 Å². The van der Waals surface area contributed by atoms with Gasteiger partial charge in [0.15, 0.2) is 0 Å². The van der Waals surface area contributed by atoms with Gasteiger partial charge in [0.1, 0.15) is 11.3 Å². The molecule has 0 saturated heterocycles. The van der Waals surface area contributed by atoms with Crippen molar-refractivity contribution in [1.82, 2.24) is 4.98 Å². The van der Waals surface area contributed by atoms with Crippen LogP contribution in [0.15, 0.2) is 30.3 Å². The molecule has 0 saturated carbocycles. The van der Waals surface area contributed by atoms with E-state index < -0.39 is 12.6 Å². The third-order valence-corrected chi connectivity index (χ3v) is 2.14. The van der Waals surface area contributed by atoms with Gasteiger partial charge in [-0.25, -0.2) is 4.98 Å². The molecule has 2 nitrogen and oxygen atoms in total. The van der Waals surface area contributed by atoms with E-state index in [1.165, 1.54) is 18.2 Å². The Bertz CT molecular complexity index is 522. The Morgan fingerprint density at radius 3 is 2.56 bits per heavy atom. The topological polar surface area (TPSA) is 33.1 Å². The van der Waals surface area contributed by atoms with Gasteiger partial charge < -0.3 is 5.11 Å². The molecule has 1 N–H and O–H groups in total. The largest absolute Gasteiger partial charge is 0.506 e. The number of aromatic hydroxyl groups is 1. The van der Waals surface area contributed by atoms with Crippen molar-refractivity contribution >= 4 is 10.9 Å². The minimum atomic E-state index is -4.29. The van der Waals surface area contributed by atoms with Crippen molar-refractivity contribution < 1.29 is 18.3 Å². The maximum absolute atomic E-state index is 12.1. The number of nitrogens with zero attached hydrogens (tertiary/aromatic N) is 1. The molecule has 0 aliphatic carbocycles. The van der Waals surface area contributed by atoms with Gasteiger partial charge in [0.2, 0.25) is 0 Å². The second-order valence-corrected chi connectivity index (χ2v) is 3.44. The van der Waals surface area contributed by atoms with Crippen LogP contribution in [0.4, 0.5) is 13.2 Å². The predicted octanol–water partition coefficient (Wildman–Crippen LogP) is 3.05. The van der Waals surface area contributed by atoms with E-state index in [2.05, 4.69) is 4.98 Å². The molecule has 84 valence electrons. The number of aromatic nitrogens is 1. The number of para-hydroxylation sites is 1. The average Bonchev–Trinajstić information content (AvgIpc) is 2.17. The predicted molar refractivity (Wildman–Crippen MR) is 53.2 cm³/mol. The molecule has 1 heterocycles. The van der Waals surface area contributed by atoms with Crippen LogP contribution in [0.25, 0.3) is 10.9 Å². The number of hydrogen-bond donors (Lipinski definition) is 1. The normalized spacial score (nSPS) is 11.9. The third kappa shape index (κ3) is 2.24. The van der Waals surface area contributed by atoms with E-state index in [0.29, 0.717) is 5.39 Å². The summed E-state index contributed by atoms with van der Waals surface area (Å²) in [6.45, 7) is 0. The Morgan fingerprint density at radius 1 is 1.12 bits per heavy atom. The Labute approximate surface area is 89.4 Å². The lowest BCUT2D eigenvalue weighted by atomic mass is 10.1. The molecule has 0 bridgehead atoms. The van der Waals surface area contributed by atoms with Crippen LogP contribution in [0, 0.1) is 0 Å². The van der Waals surface area contributed by atoms with E-state index in [1.54, 1.807) is 12.1 Å². The molecule has 0 unspecified atom stereocenters. The highest BCUT2D eigenvalue weighted by Crippen LogP contribution is 2.25. The number of rotatable bonds is 1. The summed E-state index contributed by atoms with van der Waals surface area (Å²) in [6.07, 6.45) is -5.37. The minimum Gasteiger partial charge on any atom is -0.506 e. The van der Waals surface area contributed by atoms with E-state index in [9.17, 15) is 18.3 Å². The SMILES string of the molecule is Oc1cccc2ccc(CC(F)(F)F)nc12. The molecule has 0 atom stereocenters. The van der Waals surface area contributed by atoms with Crippen LogP contribution in [0.2, 0.25) is 0 Å². The maximum atomic E-state index is 12.1. The number of pyridine rings is 1. The highest BCUT2D eigenvalue weighted by atomic mass is 19.4. The first-order chi connectivity index (χ1) is 7.46. The fraction of sp³-hybridized carbons (Fsp3) is 0.182. The number of benzene rings is 1. The molecule has 2 aromatic rings. The van der Waals surface area contributed by atoms with Gasteiger partial charge in [-0.15, -0.1) is 0 Å². The minimum absolute atomic E-state index is 0.0958. The Balaban J connectivity index is 2.47. The maximum Gasteiger partial charge on any atom is 0.394 e. The van der Waals surface area contributed by atoms with Gasteiger partial charge in [0.25, 0.3) is 0 Å². The molecule has 5 heteroatoms. The van der Waals surface area contributed by atoms with Crippen LogP contribution >= 0.6 is 0 Å². The molecule has 0 fully saturated rings. The molecule has 1 aromatic heterocycles. The molecular formula is C11H8F3NO. The van der Waals surface area contributed by atoms with Gasteiger partial charge in [-0.3, -0.25) is 0 Å². The van der Waals surface area contributed by atoms with E-state index in [1.807, 2.05) is 0 Å². The van der Waals surface area contributed by atoms with E-state index in [0.717, 1.165) is 0 Å². The van der Waals surface area contributed by atoms with Crippen molar-refractivity contribution in [3.8, 4) is 5.75 Å². The summed E-state index contributed by atoms with van der Waals surface area (Å²) >= 11 is 0. The first-order valence-electron chi connectivity index (χ1n) is 4.60. The zero-order chi connectivity index (χ0) is 11.8. The molecule has 1 aromatic carbocycles. The first kappa shape index (κ1) is 10.7. The zero-order valence-electron chi connectivity index (χ0n) is 8.12. The standard InChI is InChI=1S/C11H8F3NO/c12-11(13,14)6-8-5-4-7-2-1-3-9(16)10(7)15-8/h1-5,16H,6H2. The van der Waals surface area contributed by atoms with E-state index in [-0.39, 0.29) is 17.0 Å². The summed E-state index contributed by atoms with van der Waals surface area (Å²) in [4.78, 5) is 3.79. The smallest absolute Gasteiger partial charge is 0.394 e. The average molecular weight is 227 g/mol. The molecule has 0 aliphatic heterocycles. The van der Waals surface area contributed by atoms with Gasteiger partial charge in [0.05, 0.1) is 12.1 Å². The van der Waals surface area contributed by atoms with Crippen LogP contribution in [-0.2, 0) is 6.42 Å². The molecule has 16 heavy (non-hydrogen) atoms. The second-order valence-electron chi connectivity index (χ2n) is 3.44. The second kappa shape index (κ2) is 3.66. The summed E-state index contributed by atoms with van der Waals surface area (Å²) < 4.78 is 36.4. The molecule has 0 amide bonds. The molecular weight excluding hydrogens is 219 g/mol. The lowest BCUT2D eigenvalue weighted by Crippen LogP contribution is -2.12. The molecule has 0 radical (unpaired) electrons. The van der Waals surface area contributed by atoms with Crippen LogP contribution in [0.1, 0.15) is 5.69 Å². The highest BCUT2D eigenvalue weighted by Gasteiger charge is 2.28. The van der Waals surface area contributed by atoms with Gasteiger partial charge in [-0.05, 0) is 12.1 Å². The summed E-state index contributed by atoms with van der Waals surface area (Å²) in [5, 5.41) is 10.1. The number of alkyl halides is 3. The quantitative estimate of drug-likeness (QED) is 0.812. The summed E-state index contributed by atoms with van der Waals surface area (Å²) in [7, 11) is 0.